The van der Waals surface area contributed by atoms with Gasteiger partial charge in [0.05, 0.1) is 0 Å². The van der Waals surface area contributed by atoms with Gasteiger partial charge in [-0.05, 0) is 0 Å². The zero-order valence-corrected chi connectivity index (χ0v) is 23.5. The minimum Gasteiger partial charge on any atom is -0.822 e. The smallest absolute Gasteiger partial charge is 0.822 e. The van der Waals surface area contributed by atoms with Crippen LogP contribution in [0.1, 0.15) is 0 Å². The number of rotatable bonds is 0. The Morgan fingerprint density at radius 3 is 0.350 bits per heavy atom. The van der Waals surface area contributed by atoms with Gasteiger partial charge in [-0.15, -0.1) is 0 Å². The van der Waals surface area contributed by atoms with Gasteiger partial charge in [0.15, 0.2) is 0 Å². The molecule has 20 heteroatoms. The molecule has 0 aromatic rings. The van der Waals surface area contributed by atoms with E-state index in [9.17, 15) is 0 Å². The molecule has 0 fully saturated rings. The van der Waals surface area contributed by atoms with Crippen LogP contribution < -0.4 is 44.0 Å². The van der Waals surface area contributed by atoms with Crippen LogP contribution in [0.2, 0.25) is 0 Å². The second-order valence-electron chi connectivity index (χ2n) is 1.34. The Kier molecular flexibility index (Phi) is 64.6. The van der Waals surface area contributed by atoms with Crippen LogP contribution >= 0.6 is 23.5 Å². The van der Waals surface area contributed by atoms with Gasteiger partial charge in [0.1, 0.15) is 0 Å². The summed E-state index contributed by atoms with van der Waals surface area (Å²) in [6.07, 6.45) is 0. The Balaban J connectivity index is -0.0000000160. The van der Waals surface area contributed by atoms with Crippen molar-refractivity contribution >= 4 is 212 Å². The van der Waals surface area contributed by atoms with Crippen molar-refractivity contribution < 1.29 is 57.7 Å². The van der Waals surface area contributed by atoms with Crippen LogP contribution in [0, 0.1) is 0 Å². The molecule has 0 unspecified atom stereocenters. The third kappa shape index (κ3) is 313. The maximum atomic E-state index is 8.55. The third-order valence-electron chi connectivity index (χ3n) is 0. The fourth-order valence-electron chi connectivity index (χ4n) is 0. The molecule has 0 saturated carbocycles. The van der Waals surface area contributed by atoms with Gasteiger partial charge >= 0.3 is 189 Å². The zero-order chi connectivity index (χ0) is 13.5. The monoisotopic (exact) mass is 485 g/mol. The topological polar surface area (TPSA) is 259 Å². The van der Waals surface area contributed by atoms with E-state index in [2.05, 4.69) is 0 Å². The van der Waals surface area contributed by atoms with Gasteiger partial charge in [0.2, 0.25) is 0 Å². The molecular weight excluding hydrogens is 485 g/mol. The number of hydrogen-bond acceptors (Lipinski definition) is 12. The van der Waals surface area contributed by atoms with E-state index in [1.165, 1.54) is 0 Å². The maximum Gasteiger partial charge on any atom is 2.00 e. The van der Waals surface area contributed by atoms with Crippen molar-refractivity contribution in [2.45, 2.75) is 0 Å². The molecular formula is Ca5O12P3+. The van der Waals surface area contributed by atoms with Crippen LogP contribution in [-0.2, 0) is 13.7 Å². The second-order valence-corrected chi connectivity index (χ2v) is 4.02. The summed E-state index contributed by atoms with van der Waals surface area (Å²) >= 11 is 0. The average Bonchev–Trinajstić information content (AvgIpc) is 1.41. The molecule has 0 amide bonds. The fraction of sp³-hybridized carbons (Fsp3) is 0. The standard InChI is InChI=1S/5Ca.3H3O4P/c;;;;;3*1-5(2,3)4/h;;;;;3*(H3,1,2,3,4)/q5*+2;;;/p-9. The Labute approximate surface area is 263 Å². The minimum absolute atomic E-state index is 0. The number of hydrogen-bond donors (Lipinski definition) is 0. The van der Waals surface area contributed by atoms with Crippen molar-refractivity contribution in [3.8, 4) is 0 Å². The molecule has 96 valence electrons. The maximum absolute atomic E-state index is 8.55. The van der Waals surface area contributed by atoms with Crippen LogP contribution in [0.3, 0.4) is 0 Å². The molecule has 0 radical (unpaired) electrons. The van der Waals surface area contributed by atoms with Crippen LogP contribution in [0.25, 0.3) is 0 Å². The normalized spacial score (nSPS) is 8.85. The first-order chi connectivity index (χ1) is 6.00. The van der Waals surface area contributed by atoms with E-state index in [-0.39, 0.29) is 189 Å². The van der Waals surface area contributed by atoms with Crippen molar-refractivity contribution in [1.82, 2.24) is 0 Å². The first-order valence-electron chi connectivity index (χ1n) is 2.19. The SMILES string of the molecule is O=P([O-])([O-])[O-].O=P([O-])([O-])[O-].O=P([O-])([O-])[O-].[Ca+2].[Ca+2].[Ca+2].[Ca+2].[Ca+2]. The van der Waals surface area contributed by atoms with E-state index >= 15 is 0 Å². The first-order valence-corrected chi connectivity index (χ1v) is 6.57. The number of phosphoric acid groups is 3. The molecule has 0 rings (SSSR count). The van der Waals surface area contributed by atoms with E-state index < -0.39 is 23.5 Å². The van der Waals surface area contributed by atoms with Crippen molar-refractivity contribution in [1.29, 1.82) is 0 Å². The Morgan fingerprint density at radius 2 is 0.350 bits per heavy atom. The van der Waals surface area contributed by atoms with Gasteiger partial charge in [-0.3, -0.25) is 0 Å². The molecule has 0 spiro atoms. The van der Waals surface area contributed by atoms with Gasteiger partial charge < -0.3 is 57.7 Å². The quantitative estimate of drug-likeness (QED) is 0.229. The van der Waals surface area contributed by atoms with Gasteiger partial charge in [-0.1, -0.05) is 0 Å². The molecule has 0 aliphatic carbocycles. The van der Waals surface area contributed by atoms with E-state index in [4.69, 9.17) is 57.7 Å². The molecule has 0 aromatic heterocycles. The van der Waals surface area contributed by atoms with E-state index in [0.29, 0.717) is 0 Å². The molecule has 0 aromatic carbocycles. The predicted octanol–water partition coefficient (Wildman–Crippen LogP) is -10.4. The summed E-state index contributed by atoms with van der Waals surface area (Å²) in [5.41, 5.74) is 0. The summed E-state index contributed by atoms with van der Waals surface area (Å²) in [7, 11) is -16.2. The average molecular weight is 485 g/mol. The van der Waals surface area contributed by atoms with Crippen LogP contribution in [0.4, 0.5) is 0 Å². The first kappa shape index (κ1) is 50.4. The second kappa shape index (κ2) is 25.6. The zero-order valence-electron chi connectivity index (χ0n) is 9.78. The summed E-state index contributed by atoms with van der Waals surface area (Å²) in [5, 5.41) is 0. The molecule has 0 saturated heterocycles. The predicted molar refractivity (Wildman–Crippen MR) is 51.6 cm³/mol. The molecule has 0 bridgehead atoms. The van der Waals surface area contributed by atoms with Crippen LogP contribution in [0.15, 0.2) is 0 Å². The van der Waals surface area contributed by atoms with Crippen LogP contribution in [-0.4, -0.2) is 189 Å². The molecule has 0 N–H and O–H groups in total. The van der Waals surface area contributed by atoms with Gasteiger partial charge in [-0.25, -0.2) is 0 Å². The van der Waals surface area contributed by atoms with E-state index in [1.807, 2.05) is 0 Å². The third-order valence-corrected chi connectivity index (χ3v) is 0. The van der Waals surface area contributed by atoms with Gasteiger partial charge in [0.25, 0.3) is 0 Å². The minimum atomic E-state index is -5.39. The van der Waals surface area contributed by atoms with E-state index in [0.717, 1.165) is 0 Å². The van der Waals surface area contributed by atoms with E-state index in [1.54, 1.807) is 0 Å². The molecule has 12 nitrogen and oxygen atoms in total. The Bertz CT molecular complexity index is 213. The van der Waals surface area contributed by atoms with Crippen molar-refractivity contribution in [3.05, 3.63) is 0 Å². The summed E-state index contributed by atoms with van der Waals surface area (Å²) in [6, 6.07) is 0. The molecule has 0 heterocycles. The summed E-state index contributed by atoms with van der Waals surface area (Å²) in [4.78, 5) is 76.9. The summed E-state index contributed by atoms with van der Waals surface area (Å²) in [6.45, 7) is 0. The van der Waals surface area contributed by atoms with Crippen molar-refractivity contribution in [2.24, 2.45) is 0 Å². The Hall–Kier alpha value is 6.63. The largest absolute Gasteiger partial charge is 2.00 e. The Morgan fingerprint density at radius 1 is 0.350 bits per heavy atom. The summed E-state index contributed by atoms with van der Waals surface area (Å²) in [5.74, 6) is 0. The van der Waals surface area contributed by atoms with Crippen LogP contribution in [0.5, 0.6) is 0 Å². The molecule has 0 aliphatic heterocycles. The van der Waals surface area contributed by atoms with Gasteiger partial charge in [0, 0.05) is 0 Å². The van der Waals surface area contributed by atoms with Crippen molar-refractivity contribution in [2.75, 3.05) is 0 Å². The molecule has 0 atom stereocenters. The molecule has 20 heavy (non-hydrogen) atoms. The van der Waals surface area contributed by atoms with Gasteiger partial charge in [-0.2, -0.15) is 23.5 Å². The van der Waals surface area contributed by atoms with Crippen molar-refractivity contribution in [3.63, 3.8) is 0 Å². The molecule has 0 aliphatic rings. The summed E-state index contributed by atoms with van der Waals surface area (Å²) < 4.78 is 25.6. The fourth-order valence-corrected chi connectivity index (χ4v) is 0.